The van der Waals surface area contributed by atoms with Crippen LogP contribution in [-0.4, -0.2) is 28.7 Å². The first-order chi connectivity index (χ1) is 11.3. The highest BCUT2D eigenvalue weighted by molar-refractivity contribution is 5.96. The van der Waals surface area contributed by atoms with E-state index in [4.69, 9.17) is 9.84 Å². The molecule has 0 saturated heterocycles. The predicted molar refractivity (Wildman–Crippen MR) is 89.8 cm³/mol. The lowest BCUT2D eigenvalue weighted by molar-refractivity contribution is -0.118. The van der Waals surface area contributed by atoms with Crippen LogP contribution in [0.4, 0.5) is 5.69 Å². The molecule has 0 bridgehead atoms. The van der Waals surface area contributed by atoms with Gasteiger partial charge in [0, 0.05) is 0 Å². The summed E-state index contributed by atoms with van der Waals surface area (Å²) >= 11 is 0. The topological polar surface area (TPSA) is 95.9 Å². The number of phenolic OH excluding ortho intramolecular Hbond substituents is 1. The van der Waals surface area contributed by atoms with Crippen molar-refractivity contribution in [1.29, 1.82) is 0 Å². The Hall–Kier alpha value is -3.02. The molecule has 0 atom stereocenters. The number of ether oxygens (including phenoxy) is 1. The third-order valence-electron chi connectivity index (χ3n) is 3.74. The molecular formula is C18H19NO5. The number of hydrogen-bond donors (Lipinski definition) is 3. The number of rotatable bonds is 5. The molecule has 3 N–H and O–H groups in total. The zero-order valence-corrected chi connectivity index (χ0v) is 13.7. The number of carbonyl (C=O) groups excluding carboxylic acids is 1. The van der Waals surface area contributed by atoms with E-state index in [-0.39, 0.29) is 23.6 Å². The summed E-state index contributed by atoms with van der Waals surface area (Å²) in [5, 5.41) is 21.1. The summed E-state index contributed by atoms with van der Waals surface area (Å²) < 4.78 is 5.59. The van der Waals surface area contributed by atoms with Crippen molar-refractivity contribution in [2.75, 3.05) is 11.9 Å². The number of benzene rings is 2. The van der Waals surface area contributed by atoms with Crippen LogP contribution in [0.5, 0.6) is 11.5 Å². The molecule has 0 saturated carbocycles. The SMILES string of the molecule is Cc1ccc(C)c(OCC(=O)Nc2cc(C(=O)O)ccc2O)c1C. The lowest BCUT2D eigenvalue weighted by atomic mass is 10.1. The number of phenols is 1. The number of aryl methyl sites for hydroxylation is 2. The molecule has 2 aromatic rings. The van der Waals surface area contributed by atoms with Crippen LogP contribution < -0.4 is 10.1 Å². The summed E-state index contributed by atoms with van der Waals surface area (Å²) in [5.41, 5.74) is 2.93. The molecule has 6 heteroatoms. The van der Waals surface area contributed by atoms with E-state index in [2.05, 4.69) is 5.32 Å². The largest absolute Gasteiger partial charge is 0.506 e. The van der Waals surface area contributed by atoms with Gasteiger partial charge in [-0.15, -0.1) is 0 Å². The minimum Gasteiger partial charge on any atom is -0.506 e. The third kappa shape index (κ3) is 3.84. The smallest absolute Gasteiger partial charge is 0.335 e. The van der Waals surface area contributed by atoms with Crippen molar-refractivity contribution >= 4 is 17.6 Å². The highest BCUT2D eigenvalue weighted by atomic mass is 16.5. The Balaban J connectivity index is 2.09. The molecule has 24 heavy (non-hydrogen) atoms. The Labute approximate surface area is 139 Å². The number of carboxylic acids is 1. The van der Waals surface area contributed by atoms with Crippen molar-refractivity contribution in [3.05, 3.63) is 52.6 Å². The number of aromatic hydroxyl groups is 1. The van der Waals surface area contributed by atoms with Gasteiger partial charge in [-0.05, 0) is 55.7 Å². The molecule has 0 unspecified atom stereocenters. The summed E-state index contributed by atoms with van der Waals surface area (Å²) in [6.45, 7) is 5.51. The molecule has 0 aliphatic heterocycles. The molecule has 1 amide bonds. The Bertz CT molecular complexity index is 798. The zero-order valence-electron chi connectivity index (χ0n) is 13.7. The molecule has 0 fully saturated rings. The average molecular weight is 329 g/mol. The summed E-state index contributed by atoms with van der Waals surface area (Å²) in [7, 11) is 0. The zero-order chi connectivity index (χ0) is 17.9. The van der Waals surface area contributed by atoms with Crippen LogP contribution in [0.2, 0.25) is 0 Å². The molecule has 0 spiro atoms. The quantitative estimate of drug-likeness (QED) is 0.733. The van der Waals surface area contributed by atoms with E-state index in [1.54, 1.807) is 0 Å². The molecule has 6 nitrogen and oxygen atoms in total. The van der Waals surface area contributed by atoms with Gasteiger partial charge in [-0.1, -0.05) is 12.1 Å². The molecule has 0 heterocycles. The van der Waals surface area contributed by atoms with Crippen molar-refractivity contribution in [2.24, 2.45) is 0 Å². The highest BCUT2D eigenvalue weighted by Crippen LogP contribution is 2.26. The van der Waals surface area contributed by atoms with Crippen LogP contribution in [0.1, 0.15) is 27.0 Å². The van der Waals surface area contributed by atoms with Crippen LogP contribution in [0, 0.1) is 20.8 Å². The van der Waals surface area contributed by atoms with Gasteiger partial charge in [0.05, 0.1) is 11.3 Å². The number of nitrogens with one attached hydrogen (secondary N) is 1. The molecule has 2 rings (SSSR count). The van der Waals surface area contributed by atoms with Gasteiger partial charge in [0.1, 0.15) is 11.5 Å². The van der Waals surface area contributed by atoms with Crippen LogP contribution in [0.3, 0.4) is 0 Å². The van der Waals surface area contributed by atoms with Crippen LogP contribution in [0.25, 0.3) is 0 Å². The van der Waals surface area contributed by atoms with Crippen molar-refractivity contribution in [3.8, 4) is 11.5 Å². The summed E-state index contributed by atoms with van der Waals surface area (Å²) in [6.07, 6.45) is 0. The van der Waals surface area contributed by atoms with Crippen LogP contribution >= 0.6 is 0 Å². The molecule has 2 aromatic carbocycles. The molecular weight excluding hydrogens is 310 g/mol. The van der Waals surface area contributed by atoms with E-state index in [9.17, 15) is 14.7 Å². The Morgan fingerprint density at radius 2 is 1.75 bits per heavy atom. The van der Waals surface area contributed by atoms with Crippen molar-refractivity contribution in [3.63, 3.8) is 0 Å². The molecule has 0 radical (unpaired) electrons. The second-order valence-corrected chi connectivity index (χ2v) is 5.53. The van der Waals surface area contributed by atoms with Gasteiger partial charge in [0.25, 0.3) is 5.91 Å². The summed E-state index contributed by atoms with van der Waals surface area (Å²) in [4.78, 5) is 23.0. The number of hydrogen-bond acceptors (Lipinski definition) is 4. The predicted octanol–water partition coefficient (Wildman–Crippen LogP) is 3.03. The standard InChI is InChI=1S/C18H19NO5/c1-10-4-5-11(2)17(12(10)3)24-9-16(21)19-14-8-13(18(22)23)6-7-15(14)20/h4-8,20H,9H2,1-3H3,(H,19,21)(H,22,23). The monoisotopic (exact) mass is 329 g/mol. The minimum absolute atomic E-state index is 0.0289. The van der Waals surface area contributed by atoms with Crippen LogP contribution in [0.15, 0.2) is 30.3 Å². The summed E-state index contributed by atoms with van der Waals surface area (Å²) in [6, 6.07) is 7.56. The van der Waals surface area contributed by atoms with Gasteiger partial charge < -0.3 is 20.3 Å². The Morgan fingerprint density at radius 3 is 2.42 bits per heavy atom. The Morgan fingerprint density at radius 1 is 1.08 bits per heavy atom. The van der Waals surface area contributed by atoms with E-state index < -0.39 is 11.9 Å². The van der Waals surface area contributed by atoms with E-state index >= 15 is 0 Å². The molecule has 0 aliphatic rings. The van der Waals surface area contributed by atoms with Crippen molar-refractivity contribution < 1.29 is 24.5 Å². The fourth-order valence-electron chi connectivity index (χ4n) is 2.24. The number of amides is 1. The van der Waals surface area contributed by atoms with Crippen molar-refractivity contribution in [1.82, 2.24) is 0 Å². The fraction of sp³-hybridized carbons (Fsp3) is 0.222. The minimum atomic E-state index is -1.15. The van der Waals surface area contributed by atoms with E-state index in [0.717, 1.165) is 16.7 Å². The van der Waals surface area contributed by atoms with Crippen molar-refractivity contribution in [2.45, 2.75) is 20.8 Å². The summed E-state index contributed by atoms with van der Waals surface area (Å²) in [5.74, 6) is -1.20. The third-order valence-corrected chi connectivity index (χ3v) is 3.74. The first-order valence-electron chi connectivity index (χ1n) is 7.35. The fourth-order valence-corrected chi connectivity index (χ4v) is 2.24. The molecule has 0 aromatic heterocycles. The first kappa shape index (κ1) is 17.3. The van der Waals surface area contributed by atoms with Gasteiger partial charge >= 0.3 is 5.97 Å². The highest BCUT2D eigenvalue weighted by Gasteiger charge is 2.13. The maximum absolute atomic E-state index is 12.0. The Kier molecular flexibility index (Phi) is 5.08. The lowest BCUT2D eigenvalue weighted by Crippen LogP contribution is -2.21. The number of carbonyl (C=O) groups is 2. The first-order valence-corrected chi connectivity index (χ1v) is 7.35. The normalized spacial score (nSPS) is 10.3. The lowest BCUT2D eigenvalue weighted by Gasteiger charge is -2.14. The van der Waals surface area contributed by atoms with Gasteiger partial charge in [-0.25, -0.2) is 4.79 Å². The van der Waals surface area contributed by atoms with Gasteiger partial charge in [-0.2, -0.15) is 0 Å². The maximum Gasteiger partial charge on any atom is 0.335 e. The van der Waals surface area contributed by atoms with Gasteiger partial charge in [0.15, 0.2) is 6.61 Å². The van der Waals surface area contributed by atoms with Crippen LogP contribution in [-0.2, 0) is 4.79 Å². The second kappa shape index (κ2) is 7.04. The molecule has 0 aliphatic carbocycles. The average Bonchev–Trinajstić information content (AvgIpc) is 2.53. The van der Waals surface area contributed by atoms with E-state index in [1.165, 1.54) is 18.2 Å². The van der Waals surface area contributed by atoms with Gasteiger partial charge in [-0.3, -0.25) is 4.79 Å². The number of carboxylic acid groups (broad SMARTS) is 1. The van der Waals surface area contributed by atoms with Gasteiger partial charge in [0.2, 0.25) is 0 Å². The maximum atomic E-state index is 12.0. The molecule has 126 valence electrons. The second-order valence-electron chi connectivity index (χ2n) is 5.53. The number of anilines is 1. The number of aromatic carboxylic acids is 1. The van der Waals surface area contributed by atoms with E-state index in [0.29, 0.717) is 5.75 Å². The van der Waals surface area contributed by atoms with E-state index in [1.807, 2.05) is 32.9 Å².